The van der Waals surface area contributed by atoms with Crippen molar-refractivity contribution in [3.05, 3.63) is 45.3 Å². The van der Waals surface area contributed by atoms with Crippen LogP contribution >= 0.6 is 27.7 Å². The summed E-state index contributed by atoms with van der Waals surface area (Å²) in [7, 11) is 0. The van der Waals surface area contributed by atoms with Crippen molar-refractivity contribution in [2.45, 2.75) is 50.3 Å². The van der Waals surface area contributed by atoms with Crippen molar-refractivity contribution in [3.8, 4) is 0 Å². The van der Waals surface area contributed by atoms with E-state index in [0.29, 0.717) is 4.48 Å². The first kappa shape index (κ1) is 16.1. The largest absolute Gasteiger partial charge is 0.427 e. The molecule has 118 valence electrons. The first-order valence-electron chi connectivity index (χ1n) is 7.67. The Morgan fingerprint density at radius 3 is 2.64 bits per heavy atom. The maximum atomic E-state index is 11.8. The van der Waals surface area contributed by atoms with Gasteiger partial charge in [-0.05, 0) is 34.3 Å². The van der Waals surface area contributed by atoms with Crippen LogP contribution in [-0.4, -0.2) is 18.4 Å². The van der Waals surface area contributed by atoms with Crippen molar-refractivity contribution in [2.75, 3.05) is 0 Å². The van der Waals surface area contributed by atoms with E-state index < -0.39 is 6.29 Å². The van der Waals surface area contributed by atoms with E-state index in [9.17, 15) is 4.79 Å². The number of hydrogen-bond donors (Lipinski definition) is 0. The standard InChI is InChI=1S/C17H19BrO3S/c18-14-15(22-11-12-7-3-1-4-8-12)17(21-16(14)19)20-13-9-5-2-6-10-13/h1,3-4,7-8,13,17H,2,5-6,9-11H2. The Bertz CT molecular complexity index is 552. The topological polar surface area (TPSA) is 35.5 Å². The second-order valence-electron chi connectivity index (χ2n) is 5.59. The van der Waals surface area contributed by atoms with Crippen LogP contribution in [-0.2, 0) is 20.0 Å². The molecule has 1 aromatic rings. The highest BCUT2D eigenvalue weighted by Gasteiger charge is 2.35. The van der Waals surface area contributed by atoms with Crippen LogP contribution in [0, 0.1) is 0 Å². The second kappa shape index (κ2) is 7.66. The minimum atomic E-state index is -0.543. The first-order chi connectivity index (χ1) is 10.7. The molecule has 0 amide bonds. The predicted molar refractivity (Wildman–Crippen MR) is 91.5 cm³/mol. The molecule has 3 rings (SSSR count). The average molecular weight is 383 g/mol. The molecule has 1 saturated carbocycles. The van der Waals surface area contributed by atoms with E-state index in [4.69, 9.17) is 9.47 Å². The van der Waals surface area contributed by atoms with Crippen molar-refractivity contribution < 1.29 is 14.3 Å². The molecular weight excluding hydrogens is 364 g/mol. The van der Waals surface area contributed by atoms with Gasteiger partial charge in [0.15, 0.2) is 0 Å². The summed E-state index contributed by atoms with van der Waals surface area (Å²) >= 11 is 4.96. The molecule has 0 bridgehead atoms. The number of cyclic esters (lactones) is 1. The smallest absolute Gasteiger partial charge is 0.348 e. The molecule has 22 heavy (non-hydrogen) atoms. The molecule has 0 aromatic heterocycles. The molecule has 0 saturated heterocycles. The van der Waals surface area contributed by atoms with E-state index in [-0.39, 0.29) is 12.1 Å². The Morgan fingerprint density at radius 2 is 1.91 bits per heavy atom. The minimum Gasteiger partial charge on any atom is -0.427 e. The third-order valence-corrected chi connectivity index (χ3v) is 6.13. The summed E-state index contributed by atoms with van der Waals surface area (Å²) in [6.45, 7) is 0. The third-order valence-electron chi connectivity index (χ3n) is 3.93. The van der Waals surface area contributed by atoms with Crippen LogP contribution in [0.4, 0.5) is 0 Å². The number of hydrogen-bond acceptors (Lipinski definition) is 4. The fraction of sp³-hybridized carbons (Fsp3) is 0.471. The maximum absolute atomic E-state index is 11.8. The van der Waals surface area contributed by atoms with Crippen molar-refractivity contribution in [3.63, 3.8) is 0 Å². The lowest BCUT2D eigenvalue weighted by Gasteiger charge is -2.25. The SMILES string of the molecule is O=C1OC(OC2CCCCC2)C(SCc2ccccc2)=C1Br. The van der Waals surface area contributed by atoms with Crippen molar-refractivity contribution in [1.29, 1.82) is 0 Å². The Kier molecular flexibility index (Phi) is 5.61. The van der Waals surface area contributed by atoms with Gasteiger partial charge in [0.2, 0.25) is 6.29 Å². The monoisotopic (exact) mass is 382 g/mol. The van der Waals surface area contributed by atoms with E-state index in [1.807, 2.05) is 18.2 Å². The zero-order chi connectivity index (χ0) is 15.4. The zero-order valence-electron chi connectivity index (χ0n) is 12.3. The molecule has 1 aromatic carbocycles. The molecule has 1 atom stereocenters. The van der Waals surface area contributed by atoms with Crippen molar-refractivity contribution >= 4 is 33.7 Å². The highest BCUT2D eigenvalue weighted by atomic mass is 79.9. The molecule has 3 nitrogen and oxygen atoms in total. The van der Waals surface area contributed by atoms with Crippen LogP contribution in [0.3, 0.4) is 0 Å². The maximum Gasteiger partial charge on any atom is 0.348 e. The molecule has 0 radical (unpaired) electrons. The highest BCUT2D eigenvalue weighted by molar-refractivity contribution is 9.12. The first-order valence-corrected chi connectivity index (χ1v) is 9.45. The van der Waals surface area contributed by atoms with Crippen LogP contribution in [0.25, 0.3) is 0 Å². The number of benzene rings is 1. The fourth-order valence-electron chi connectivity index (χ4n) is 2.74. The van der Waals surface area contributed by atoms with E-state index in [1.54, 1.807) is 11.8 Å². The molecule has 0 N–H and O–H groups in total. The van der Waals surface area contributed by atoms with Gasteiger partial charge in [-0.1, -0.05) is 49.6 Å². The van der Waals surface area contributed by atoms with E-state index in [1.165, 1.54) is 24.8 Å². The number of carbonyl (C=O) groups is 1. The lowest BCUT2D eigenvalue weighted by molar-refractivity contribution is -0.169. The summed E-state index contributed by atoms with van der Waals surface area (Å²) in [6, 6.07) is 10.2. The summed E-state index contributed by atoms with van der Waals surface area (Å²) in [5.74, 6) is 0.475. The number of rotatable bonds is 5. The summed E-state index contributed by atoms with van der Waals surface area (Å²) in [6.07, 6.45) is 5.45. The second-order valence-corrected chi connectivity index (χ2v) is 7.40. The van der Waals surface area contributed by atoms with Gasteiger partial charge in [0.05, 0.1) is 11.0 Å². The van der Waals surface area contributed by atoms with Crippen LogP contribution in [0.15, 0.2) is 39.7 Å². The molecular formula is C17H19BrO3S. The number of carbonyl (C=O) groups excluding carboxylic acids is 1. The number of thioether (sulfide) groups is 1. The summed E-state index contributed by atoms with van der Waals surface area (Å²) < 4.78 is 11.9. The Hall–Kier alpha value is -0.780. The van der Waals surface area contributed by atoms with Gasteiger partial charge in [-0.15, -0.1) is 11.8 Å². The lowest BCUT2D eigenvalue weighted by atomic mass is 9.98. The van der Waals surface area contributed by atoms with Crippen molar-refractivity contribution in [2.24, 2.45) is 0 Å². The normalized spacial score (nSPS) is 23.0. The summed E-state index contributed by atoms with van der Waals surface area (Å²) in [5.41, 5.74) is 1.22. The fourth-order valence-corrected chi connectivity index (χ4v) is 4.33. The highest BCUT2D eigenvalue weighted by Crippen LogP contribution is 2.39. The van der Waals surface area contributed by atoms with Gasteiger partial charge in [0.25, 0.3) is 0 Å². The van der Waals surface area contributed by atoms with Gasteiger partial charge in [-0.25, -0.2) is 4.79 Å². The van der Waals surface area contributed by atoms with Gasteiger partial charge in [0, 0.05) is 5.75 Å². The molecule has 1 fully saturated rings. The van der Waals surface area contributed by atoms with E-state index in [2.05, 4.69) is 28.1 Å². The van der Waals surface area contributed by atoms with Gasteiger partial charge < -0.3 is 9.47 Å². The molecule has 5 heteroatoms. The third kappa shape index (κ3) is 3.94. The summed E-state index contributed by atoms with van der Waals surface area (Å²) in [5, 5.41) is 0. The number of esters is 1. The minimum absolute atomic E-state index is 0.206. The van der Waals surface area contributed by atoms with Gasteiger partial charge >= 0.3 is 5.97 Å². The zero-order valence-corrected chi connectivity index (χ0v) is 14.7. The van der Waals surface area contributed by atoms with Crippen molar-refractivity contribution in [1.82, 2.24) is 0 Å². The molecule has 1 unspecified atom stereocenters. The molecule has 0 spiro atoms. The number of halogens is 1. The molecule has 1 heterocycles. The van der Waals surface area contributed by atoms with Crippen LogP contribution < -0.4 is 0 Å². The Morgan fingerprint density at radius 1 is 1.18 bits per heavy atom. The van der Waals surface area contributed by atoms with Gasteiger partial charge in [-0.2, -0.15) is 0 Å². The molecule has 1 aliphatic carbocycles. The lowest BCUT2D eigenvalue weighted by Crippen LogP contribution is -2.25. The summed E-state index contributed by atoms with van der Waals surface area (Å²) in [4.78, 5) is 12.7. The Balaban J connectivity index is 1.64. The van der Waals surface area contributed by atoms with Gasteiger partial charge in [-0.3, -0.25) is 0 Å². The number of ether oxygens (including phenoxy) is 2. The quantitative estimate of drug-likeness (QED) is 0.687. The molecule has 1 aliphatic heterocycles. The van der Waals surface area contributed by atoms with Crippen LogP contribution in [0.1, 0.15) is 37.7 Å². The molecule has 2 aliphatic rings. The van der Waals surface area contributed by atoms with Gasteiger partial charge in [0.1, 0.15) is 4.48 Å². The Labute approximate surface area is 143 Å². The van der Waals surface area contributed by atoms with Crippen LogP contribution in [0.5, 0.6) is 0 Å². The van der Waals surface area contributed by atoms with Crippen LogP contribution in [0.2, 0.25) is 0 Å². The van der Waals surface area contributed by atoms with E-state index in [0.717, 1.165) is 23.5 Å². The predicted octanol–water partition coefficient (Wildman–Crippen LogP) is 4.76. The van der Waals surface area contributed by atoms with E-state index >= 15 is 0 Å². The average Bonchev–Trinajstić information content (AvgIpc) is 2.81.